The minimum Gasteiger partial charge on any atom is -0.292 e. The molecule has 0 saturated heterocycles. The Labute approximate surface area is 211 Å². The molecule has 0 aliphatic heterocycles. The lowest BCUT2D eigenvalue weighted by Gasteiger charge is -2.32. The Hall–Kier alpha value is -1.17. The zero-order valence-electron chi connectivity index (χ0n) is 22.0. The van der Waals surface area contributed by atoms with E-state index in [-0.39, 0.29) is 11.8 Å². The summed E-state index contributed by atoms with van der Waals surface area (Å²) in [5.74, 6) is -0.248. The fourth-order valence-corrected chi connectivity index (χ4v) is 5.20. The fraction of sp³-hybridized carbons (Fsp3) is 0.724. The van der Waals surface area contributed by atoms with E-state index in [2.05, 4.69) is 30.5 Å². The third-order valence-electron chi connectivity index (χ3n) is 6.63. The van der Waals surface area contributed by atoms with Gasteiger partial charge in [-0.15, -0.1) is 0 Å². The van der Waals surface area contributed by atoms with Crippen molar-refractivity contribution in [2.75, 3.05) is 18.8 Å². The second-order valence-corrected chi connectivity index (χ2v) is 11.5. The summed E-state index contributed by atoms with van der Waals surface area (Å²) >= 11 is 0. The Morgan fingerprint density at radius 1 is 0.794 bits per heavy atom. The molecule has 0 aliphatic rings. The summed E-state index contributed by atoms with van der Waals surface area (Å²) in [6.45, 7) is 9.54. The lowest BCUT2D eigenvalue weighted by atomic mass is 9.98. The third kappa shape index (κ3) is 15.7. The highest BCUT2D eigenvalue weighted by Crippen LogP contribution is 2.28. The lowest BCUT2D eigenvalue weighted by Crippen LogP contribution is -2.34. The average molecular weight is 494 g/mol. The number of hydrogen-bond donors (Lipinski definition) is 1. The molecule has 1 atom stereocenters. The topological polar surface area (TPSA) is 57.6 Å². The van der Waals surface area contributed by atoms with Gasteiger partial charge in [0.05, 0.1) is 11.8 Å². The van der Waals surface area contributed by atoms with Gasteiger partial charge in [0.25, 0.3) is 10.1 Å². The van der Waals surface area contributed by atoms with Gasteiger partial charge in [0.2, 0.25) is 0 Å². The first-order valence-corrected chi connectivity index (χ1v) is 15.4. The predicted molar refractivity (Wildman–Crippen MR) is 147 cm³/mol. The predicted octanol–water partition coefficient (Wildman–Crippen LogP) is 8.37. The summed E-state index contributed by atoms with van der Waals surface area (Å²) in [6, 6.07) is 10.1. The van der Waals surface area contributed by atoms with Crippen molar-refractivity contribution in [1.82, 2.24) is 4.90 Å². The van der Waals surface area contributed by atoms with E-state index in [0.29, 0.717) is 6.54 Å². The first-order chi connectivity index (χ1) is 16.3. The summed E-state index contributed by atoms with van der Waals surface area (Å²) in [5.41, 5.74) is 2.11. The molecule has 1 N–H and O–H groups in total. The number of nitrogens with zero attached hydrogens (tertiary/aromatic N) is 1. The molecule has 0 spiro atoms. The third-order valence-corrected chi connectivity index (χ3v) is 7.33. The Morgan fingerprint density at radius 2 is 1.24 bits per heavy atom. The van der Waals surface area contributed by atoms with Gasteiger partial charge in [0, 0.05) is 6.54 Å². The molecule has 0 amide bonds. The van der Waals surface area contributed by atoms with Crippen LogP contribution in [0.5, 0.6) is 0 Å². The van der Waals surface area contributed by atoms with Crippen LogP contribution in [0, 0.1) is 0 Å². The van der Waals surface area contributed by atoms with Crippen molar-refractivity contribution in [1.29, 1.82) is 0 Å². The molecule has 0 radical (unpaired) electrons. The first-order valence-electron chi connectivity index (χ1n) is 13.7. The highest BCUT2D eigenvalue weighted by molar-refractivity contribution is 7.85. The minimum absolute atomic E-state index is 0.0328. The summed E-state index contributed by atoms with van der Waals surface area (Å²) in [5, 5.41) is 0. The van der Waals surface area contributed by atoms with Crippen LogP contribution in [-0.2, 0) is 10.1 Å². The van der Waals surface area contributed by atoms with Crippen LogP contribution in [0.3, 0.4) is 0 Å². The molecule has 1 aromatic rings. The molecule has 0 aliphatic carbocycles. The van der Waals surface area contributed by atoms with Crippen LogP contribution in [-0.4, -0.2) is 36.7 Å². The van der Waals surface area contributed by atoms with Crippen LogP contribution in [0.15, 0.2) is 42.5 Å². The molecule has 34 heavy (non-hydrogen) atoms. The van der Waals surface area contributed by atoms with Crippen LogP contribution in [0.25, 0.3) is 0 Å². The maximum absolute atomic E-state index is 11.4. The Balaban J connectivity index is 2.27. The number of benzene rings is 1. The monoisotopic (exact) mass is 493 g/mol. The number of hydrogen-bond acceptors (Lipinski definition) is 3. The highest BCUT2D eigenvalue weighted by atomic mass is 32.2. The van der Waals surface area contributed by atoms with Gasteiger partial charge in [0.1, 0.15) is 0 Å². The second-order valence-electron chi connectivity index (χ2n) is 9.93. The molecule has 0 heterocycles. The van der Waals surface area contributed by atoms with Crippen molar-refractivity contribution in [2.24, 2.45) is 0 Å². The molecule has 1 aromatic carbocycles. The number of rotatable bonds is 22. The van der Waals surface area contributed by atoms with Gasteiger partial charge in [-0.05, 0) is 25.5 Å². The van der Waals surface area contributed by atoms with Crippen LogP contribution in [0.4, 0.5) is 0 Å². The van der Waals surface area contributed by atoms with Crippen molar-refractivity contribution in [3.05, 3.63) is 48.0 Å². The Kier molecular flexibility index (Phi) is 17.3. The molecule has 1 unspecified atom stereocenters. The van der Waals surface area contributed by atoms with Gasteiger partial charge in [-0.3, -0.25) is 9.45 Å². The van der Waals surface area contributed by atoms with Gasteiger partial charge in [-0.1, -0.05) is 139 Å². The van der Waals surface area contributed by atoms with E-state index >= 15 is 0 Å². The molecule has 1 rings (SSSR count). The maximum atomic E-state index is 11.4. The van der Waals surface area contributed by atoms with Crippen molar-refractivity contribution < 1.29 is 13.0 Å². The average Bonchev–Trinajstić information content (AvgIpc) is 2.79. The molecular formula is C29H51NO3S. The molecule has 0 bridgehead atoms. The van der Waals surface area contributed by atoms with Crippen LogP contribution in [0.1, 0.15) is 122 Å². The van der Waals surface area contributed by atoms with E-state index in [0.717, 1.165) is 30.5 Å². The van der Waals surface area contributed by atoms with Gasteiger partial charge in [-0.2, -0.15) is 8.42 Å². The molecule has 5 heteroatoms. The largest absolute Gasteiger partial charge is 0.292 e. The molecule has 0 aromatic heterocycles. The van der Waals surface area contributed by atoms with E-state index in [9.17, 15) is 13.0 Å². The normalized spacial score (nSPS) is 12.8. The highest BCUT2D eigenvalue weighted by Gasteiger charge is 2.22. The standard InChI is InChI=1S/C29H51NO3S/c1-4-5-6-7-8-9-10-11-12-13-14-15-16-17-21-24-30(25-26-34(31,32)33)29(27(2)3)28-22-19-18-20-23-28/h18-20,22-23,29H,2,4-17,21,24-26H2,1,3H3,(H,31,32,33). The quantitative estimate of drug-likeness (QED) is 0.100. The minimum atomic E-state index is -3.99. The second kappa shape index (κ2) is 19.1. The van der Waals surface area contributed by atoms with Crippen molar-refractivity contribution in [2.45, 2.75) is 116 Å². The van der Waals surface area contributed by atoms with Gasteiger partial charge in [0.15, 0.2) is 0 Å². The van der Waals surface area contributed by atoms with Crippen molar-refractivity contribution in [3.63, 3.8) is 0 Å². The fourth-order valence-electron chi connectivity index (χ4n) is 4.73. The van der Waals surface area contributed by atoms with Gasteiger partial charge < -0.3 is 0 Å². The Morgan fingerprint density at radius 3 is 1.65 bits per heavy atom. The Bertz CT molecular complexity index is 733. The smallest absolute Gasteiger partial charge is 0.266 e. The number of unbranched alkanes of at least 4 members (excludes halogenated alkanes) is 14. The van der Waals surface area contributed by atoms with E-state index in [1.54, 1.807) is 0 Å². The van der Waals surface area contributed by atoms with E-state index in [1.807, 2.05) is 25.1 Å². The van der Waals surface area contributed by atoms with Gasteiger partial charge in [-0.25, -0.2) is 0 Å². The van der Waals surface area contributed by atoms with Crippen molar-refractivity contribution in [3.8, 4) is 0 Å². The molecule has 196 valence electrons. The molecule has 0 fully saturated rings. The maximum Gasteiger partial charge on any atom is 0.266 e. The molecule has 4 nitrogen and oxygen atoms in total. The molecule has 0 saturated carbocycles. The summed E-state index contributed by atoms with van der Waals surface area (Å²) in [7, 11) is -3.99. The SMILES string of the molecule is C=C(C)C(c1ccccc1)N(CCCCCCCCCCCCCCCCC)CCS(=O)(=O)O. The summed E-state index contributed by atoms with van der Waals surface area (Å²) < 4.78 is 32.1. The lowest BCUT2D eigenvalue weighted by molar-refractivity contribution is 0.228. The van der Waals surface area contributed by atoms with Crippen LogP contribution < -0.4 is 0 Å². The van der Waals surface area contributed by atoms with Crippen molar-refractivity contribution >= 4 is 10.1 Å². The van der Waals surface area contributed by atoms with E-state index in [1.165, 1.54) is 83.5 Å². The molecular weight excluding hydrogens is 442 g/mol. The first kappa shape index (κ1) is 30.9. The van der Waals surface area contributed by atoms with Gasteiger partial charge >= 0.3 is 0 Å². The summed E-state index contributed by atoms with van der Waals surface area (Å²) in [4.78, 5) is 2.16. The zero-order chi connectivity index (χ0) is 25.1. The van der Waals surface area contributed by atoms with E-state index < -0.39 is 10.1 Å². The van der Waals surface area contributed by atoms with Crippen LogP contribution >= 0.6 is 0 Å². The van der Waals surface area contributed by atoms with Crippen LogP contribution in [0.2, 0.25) is 0 Å². The van der Waals surface area contributed by atoms with E-state index in [4.69, 9.17) is 0 Å². The zero-order valence-corrected chi connectivity index (χ0v) is 22.8. The summed E-state index contributed by atoms with van der Waals surface area (Å²) in [6.07, 6.45) is 19.9.